The van der Waals surface area contributed by atoms with E-state index >= 15 is 0 Å². The molecule has 27 heavy (non-hydrogen) atoms. The average Bonchev–Trinajstić information content (AvgIpc) is 3.22. The number of carbonyl (C=O) groups is 2. The molecule has 2 atom stereocenters. The first-order chi connectivity index (χ1) is 13.1. The molecular weight excluding hydrogens is 346 g/mol. The van der Waals surface area contributed by atoms with E-state index in [1.807, 2.05) is 11.9 Å². The van der Waals surface area contributed by atoms with Gasteiger partial charge in [0.1, 0.15) is 17.5 Å². The zero-order valence-electron chi connectivity index (χ0n) is 16.4. The van der Waals surface area contributed by atoms with Gasteiger partial charge in [0.2, 0.25) is 5.91 Å². The van der Waals surface area contributed by atoms with Crippen LogP contribution >= 0.6 is 0 Å². The Morgan fingerprint density at radius 2 is 1.89 bits per heavy atom. The molecule has 0 saturated carbocycles. The quantitative estimate of drug-likeness (QED) is 0.845. The largest absolute Gasteiger partial charge is 0.497 e. The maximum Gasteiger partial charge on any atom is 0.258 e. The number of likely N-dealkylation sites (N-methyl/N-ethyl adjacent to an activating group) is 1. The molecule has 1 N–H and O–H groups in total. The predicted molar refractivity (Wildman–Crippen MR) is 102 cm³/mol. The van der Waals surface area contributed by atoms with Crippen LogP contribution in [0.1, 0.15) is 36.0 Å². The smallest absolute Gasteiger partial charge is 0.258 e. The van der Waals surface area contributed by atoms with Crippen LogP contribution in [0.4, 0.5) is 0 Å². The Bertz CT molecular complexity index is 694. The summed E-state index contributed by atoms with van der Waals surface area (Å²) in [6.45, 7) is 2.06. The standard InChI is InChI=1S/C20H29N3O4/c1-21-14-6-4-10-22(13-14)20(25)17-7-5-11-23(17)19(24)16-9-8-15(26-2)12-18(16)27-3/h8-9,12,14,17,21H,4-7,10-11,13H2,1-3H3. The van der Waals surface area contributed by atoms with Crippen LogP contribution in [-0.2, 0) is 4.79 Å². The van der Waals surface area contributed by atoms with Crippen molar-refractivity contribution in [1.29, 1.82) is 0 Å². The summed E-state index contributed by atoms with van der Waals surface area (Å²) >= 11 is 0. The minimum Gasteiger partial charge on any atom is -0.497 e. The maximum absolute atomic E-state index is 13.2. The molecule has 2 amide bonds. The summed E-state index contributed by atoms with van der Waals surface area (Å²) in [7, 11) is 5.03. The van der Waals surface area contributed by atoms with E-state index in [0.717, 1.165) is 25.8 Å². The summed E-state index contributed by atoms with van der Waals surface area (Å²) in [5.74, 6) is 0.996. The Morgan fingerprint density at radius 1 is 1.11 bits per heavy atom. The topological polar surface area (TPSA) is 71.1 Å². The Balaban J connectivity index is 1.77. The Hall–Kier alpha value is -2.28. The van der Waals surface area contributed by atoms with Gasteiger partial charge in [-0.1, -0.05) is 0 Å². The number of piperidine rings is 1. The molecule has 3 rings (SSSR count). The number of rotatable bonds is 5. The zero-order chi connectivity index (χ0) is 19.4. The number of nitrogens with zero attached hydrogens (tertiary/aromatic N) is 2. The van der Waals surface area contributed by atoms with Gasteiger partial charge >= 0.3 is 0 Å². The van der Waals surface area contributed by atoms with Gasteiger partial charge in [-0.3, -0.25) is 9.59 Å². The van der Waals surface area contributed by atoms with E-state index < -0.39 is 0 Å². The Labute approximate surface area is 160 Å². The molecule has 7 nitrogen and oxygen atoms in total. The van der Waals surface area contributed by atoms with Gasteiger partial charge in [0.05, 0.1) is 19.8 Å². The van der Waals surface area contributed by atoms with E-state index in [2.05, 4.69) is 5.32 Å². The molecule has 2 unspecified atom stereocenters. The first kappa shape index (κ1) is 19.5. The highest BCUT2D eigenvalue weighted by Crippen LogP contribution is 2.29. The highest BCUT2D eigenvalue weighted by atomic mass is 16.5. The van der Waals surface area contributed by atoms with Crippen molar-refractivity contribution >= 4 is 11.8 Å². The lowest BCUT2D eigenvalue weighted by molar-refractivity contribution is -0.136. The third kappa shape index (κ3) is 4.03. The minimum absolute atomic E-state index is 0.0632. The summed E-state index contributed by atoms with van der Waals surface area (Å²) in [4.78, 5) is 29.9. The van der Waals surface area contributed by atoms with E-state index in [1.54, 1.807) is 30.2 Å². The normalized spacial score (nSPS) is 22.6. The summed E-state index contributed by atoms with van der Waals surface area (Å²) in [6.07, 6.45) is 3.62. The van der Waals surface area contributed by atoms with Crippen LogP contribution in [0.15, 0.2) is 18.2 Å². The van der Waals surface area contributed by atoms with Crippen molar-refractivity contribution in [3.05, 3.63) is 23.8 Å². The molecule has 2 aliphatic heterocycles. The minimum atomic E-state index is -0.389. The molecule has 2 heterocycles. The first-order valence-corrected chi connectivity index (χ1v) is 9.58. The van der Waals surface area contributed by atoms with E-state index in [0.29, 0.717) is 42.6 Å². The molecule has 2 fully saturated rings. The molecule has 0 bridgehead atoms. The molecule has 1 aromatic rings. The fourth-order valence-electron chi connectivity index (χ4n) is 4.02. The van der Waals surface area contributed by atoms with Gasteiger partial charge in [-0.2, -0.15) is 0 Å². The van der Waals surface area contributed by atoms with E-state index in [-0.39, 0.29) is 17.9 Å². The SMILES string of the molecule is CNC1CCCN(C(=O)C2CCCN2C(=O)c2ccc(OC)cc2OC)C1. The van der Waals surface area contributed by atoms with Gasteiger partial charge in [0.15, 0.2) is 0 Å². The van der Waals surface area contributed by atoms with Crippen molar-refractivity contribution in [3.63, 3.8) is 0 Å². The van der Waals surface area contributed by atoms with Crippen LogP contribution in [0.25, 0.3) is 0 Å². The lowest BCUT2D eigenvalue weighted by Gasteiger charge is -2.36. The second-order valence-corrected chi connectivity index (χ2v) is 7.13. The number of ether oxygens (including phenoxy) is 2. The molecule has 2 saturated heterocycles. The Morgan fingerprint density at radius 3 is 2.59 bits per heavy atom. The van der Waals surface area contributed by atoms with E-state index in [4.69, 9.17) is 9.47 Å². The molecule has 2 aliphatic rings. The monoisotopic (exact) mass is 375 g/mol. The van der Waals surface area contributed by atoms with Crippen LogP contribution in [-0.4, -0.2) is 74.6 Å². The number of hydrogen-bond acceptors (Lipinski definition) is 5. The third-order valence-corrected chi connectivity index (χ3v) is 5.58. The number of likely N-dealkylation sites (tertiary alicyclic amines) is 2. The fraction of sp³-hybridized carbons (Fsp3) is 0.600. The van der Waals surface area contributed by atoms with Gasteiger partial charge in [-0.15, -0.1) is 0 Å². The van der Waals surface area contributed by atoms with Crippen molar-refractivity contribution in [2.75, 3.05) is 40.9 Å². The number of carbonyl (C=O) groups excluding carboxylic acids is 2. The molecule has 148 valence electrons. The zero-order valence-corrected chi connectivity index (χ0v) is 16.4. The van der Waals surface area contributed by atoms with Crippen molar-refractivity contribution in [2.24, 2.45) is 0 Å². The van der Waals surface area contributed by atoms with Crippen molar-refractivity contribution in [2.45, 2.75) is 37.8 Å². The third-order valence-electron chi connectivity index (χ3n) is 5.58. The van der Waals surface area contributed by atoms with E-state index in [1.165, 1.54) is 7.11 Å². The molecule has 0 aromatic heterocycles. The molecule has 7 heteroatoms. The van der Waals surface area contributed by atoms with Crippen molar-refractivity contribution in [1.82, 2.24) is 15.1 Å². The molecule has 1 aromatic carbocycles. The van der Waals surface area contributed by atoms with Crippen molar-refractivity contribution in [3.8, 4) is 11.5 Å². The Kier molecular flexibility index (Phi) is 6.21. The van der Waals surface area contributed by atoms with Gasteiger partial charge < -0.3 is 24.6 Å². The fourth-order valence-corrected chi connectivity index (χ4v) is 4.02. The number of hydrogen-bond donors (Lipinski definition) is 1. The highest BCUT2D eigenvalue weighted by Gasteiger charge is 2.38. The summed E-state index contributed by atoms with van der Waals surface area (Å²) < 4.78 is 10.6. The summed E-state index contributed by atoms with van der Waals surface area (Å²) in [5.41, 5.74) is 0.463. The molecule has 0 spiro atoms. The van der Waals surface area contributed by atoms with Gasteiger partial charge in [0.25, 0.3) is 5.91 Å². The first-order valence-electron chi connectivity index (χ1n) is 9.58. The van der Waals surface area contributed by atoms with Crippen molar-refractivity contribution < 1.29 is 19.1 Å². The van der Waals surface area contributed by atoms with E-state index in [9.17, 15) is 9.59 Å². The van der Waals surface area contributed by atoms with Crippen LogP contribution in [0.2, 0.25) is 0 Å². The molecular formula is C20H29N3O4. The second-order valence-electron chi connectivity index (χ2n) is 7.13. The molecule has 0 aliphatic carbocycles. The molecule has 0 radical (unpaired) electrons. The second kappa shape index (κ2) is 8.61. The summed E-state index contributed by atoms with van der Waals surface area (Å²) in [6, 6.07) is 5.08. The lowest BCUT2D eigenvalue weighted by atomic mass is 10.0. The lowest BCUT2D eigenvalue weighted by Crippen LogP contribution is -2.53. The van der Waals surface area contributed by atoms with Crippen LogP contribution in [0.5, 0.6) is 11.5 Å². The van der Waals surface area contributed by atoms with Crippen LogP contribution in [0.3, 0.4) is 0 Å². The van der Waals surface area contributed by atoms with Gasteiger partial charge in [-0.05, 0) is 44.9 Å². The maximum atomic E-state index is 13.2. The number of methoxy groups -OCH3 is 2. The predicted octanol–water partition coefficient (Wildman–Crippen LogP) is 1.52. The average molecular weight is 375 g/mol. The van der Waals surface area contributed by atoms with Crippen LogP contribution < -0.4 is 14.8 Å². The van der Waals surface area contributed by atoms with Gasteiger partial charge in [0, 0.05) is 31.7 Å². The number of amides is 2. The highest BCUT2D eigenvalue weighted by molar-refractivity contribution is 6.00. The number of nitrogens with one attached hydrogen (secondary N) is 1. The van der Waals surface area contributed by atoms with Gasteiger partial charge in [-0.25, -0.2) is 0 Å². The number of benzene rings is 1. The van der Waals surface area contributed by atoms with Crippen LogP contribution in [0, 0.1) is 0 Å². The summed E-state index contributed by atoms with van der Waals surface area (Å²) in [5, 5.41) is 3.26.